The Labute approximate surface area is 74.9 Å². The third kappa shape index (κ3) is 1.76. The molecule has 0 heteroatoms. The average Bonchev–Trinajstić information content (AvgIpc) is 2.16. The summed E-state index contributed by atoms with van der Waals surface area (Å²) in [4.78, 5) is 0. The third-order valence-corrected chi connectivity index (χ3v) is 2.26. The third-order valence-electron chi connectivity index (χ3n) is 2.26. The van der Waals surface area contributed by atoms with E-state index in [1.54, 1.807) is 0 Å². The van der Waals surface area contributed by atoms with Crippen LogP contribution in [0.5, 0.6) is 0 Å². The maximum Gasteiger partial charge on any atom is -0.0199 e. The van der Waals surface area contributed by atoms with Crippen LogP contribution in [0.3, 0.4) is 0 Å². The molecule has 0 aromatic heterocycles. The second-order valence-corrected chi connectivity index (χ2v) is 2.98. The zero-order valence-corrected chi connectivity index (χ0v) is 8.09. The number of hydrogen-bond acceptors (Lipinski definition) is 0. The molecule has 1 aromatic rings. The summed E-state index contributed by atoms with van der Waals surface area (Å²) in [6, 6.07) is 8.59. The molecule has 0 saturated heterocycles. The molecule has 0 spiro atoms. The van der Waals surface area contributed by atoms with Gasteiger partial charge in [0.05, 0.1) is 0 Å². The Kier molecular flexibility index (Phi) is 3.09. The lowest BCUT2D eigenvalue weighted by molar-refractivity contribution is 1.13. The van der Waals surface area contributed by atoms with Crippen molar-refractivity contribution in [3.8, 4) is 0 Å². The van der Waals surface area contributed by atoms with Gasteiger partial charge in [-0.15, -0.1) is 0 Å². The van der Waals surface area contributed by atoms with Crippen molar-refractivity contribution in [2.75, 3.05) is 0 Å². The van der Waals surface area contributed by atoms with Gasteiger partial charge in [0.25, 0.3) is 0 Å². The largest absolute Gasteiger partial charge is 0.0841 e. The minimum atomic E-state index is 1.11. The van der Waals surface area contributed by atoms with Gasteiger partial charge >= 0.3 is 0 Å². The number of hydrogen-bond donors (Lipinski definition) is 0. The van der Waals surface area contributed by atoms with E-state index in [-0.39, 0.29) is 0 Å². The summed E-state index contributed by atoms with van der Waals surface area (Å²) in [7, 11) is 0. The molecule has 64 valence electrons. The first-order valence-corrected chi connectivity index (χ1v) is 4.50. The summed E-state index contributed by atoms with van der Waals surface area (Å²) < 4.78 is 0. The summed E-state index contributed by atoms with van der Waals surface area (Å²) >= 11 is 0. The lowest BCUT2D eigenvalue weighted by Gasteiger charge is -2.06. The fourth-order valence-electron chi connectivity index (χ4n) is 1.37. The standard InChI is InChI=1S/C12H16/c1-4-10(3)12-9-7-6-8-11(12)5-2/h4,6-9H,5H2,1-3H3. The Morgan fingerprint density at radius 2 is 2.00 bits per heavy atom. The van der Waals surface area contributed by atoms with Crippen molar-refractivity contribution >= 4 is 5.57 Å². The van der Waals surface area contributed by atoms with E-state index in [2.05, 4.69) is 51.1 Å². The first-order chi connectivity index (χ1) is 5.79. The Morgan fingerprint density at radius 1 is 1.33 bits per heavy atom. The zero-order chi connectivity index (χ0) is 8.97. The van der Waals surface area contributed by atoms with Gasteiger partial charge in [-0.3, -0.25) is 0 Å². The maximum atomic E-state index is 2.20. The fraction of sp³-hybridized carbons (Fsp3) is 0.333. The Hall–Kier alpha value is -1.04. The molecule has 0 saturated carbocycles. The predicted molar refractivity (Wildman–Crippen MR) is 55.1 cm³/mol. The van der Waals surface area contributed by atoms with Gasteiger partial charge < -0.3 is 0 Å². The monoisotopic (exact) mass is 160 g/mol. The molecule has 0 aliphatic rings. The highest BCUT2D eigenvalue weighted by molar-refractivity contribution is 5.66. The van der Waals surface area contributed by atoms with E-state index < -0.39 is 0 Å². The van der Waals surface area contributed by atoms with Crippen molar-refractivity contribution in [3.05, 3.63) is 41.5 Å². The van der Waals surface area contributed by atoms with Crippen LogP contribution < -0.4 is 0 Å². The minimum Gasteiger partial charge on any atom is -0.0841 e. The molecular formula is C12H16. The van der Waals surface area contributed by atoms with Gasteiger partial charge in [-0.1, -0.05) is 37.3 Å². The van der Waals surface area contributed by atoms with Crippen LogP contribution in [-0.2, 0) is 6.42 Å². The summed E-state index contributed by atoms with van der Waals surface area (Å²) in [5.41, 5.74) is 4.20. The highest BCUT2D eigenvalue weighted by Gasteiger charge is 1.99. The second-order valence-electron chi connectivity index (χ2n) is 2.98. The van der Waals surface area contributed by atoms with E-state index in [4.69, 9.17) is 0 Å². The zero-order valence-electron chi connectivity index (χ0n) is 8.09. The van der Waals surface area contributed by atoms with Gasteiger partial charge in [-0.25, -0.2) is 0 Å². The Morgan fingerprint density at radius 3 is 2.58 bits per heavy atom. The fourth-order valence-corrected chi connectivity index (χ4v) is 1.37. The SMILES string of the molecule is CC=C(C)c1ccccc1CC. The smallest absolute Gasteiger partial charge is 0.0199 e. The topological polar surface area (TPSA) is 0 Å². The molecule has 0 N–H and O–H groups in total. The number of benzene rings is 1. The van der Waals surface area contributed by atoms with Gasteiger partial charge in [0.2, 0.25) is 0 Å². The molecule has 0 aliphatic carbocycles. The van der Waals surface area contributed by atoms with Gasteiger partial charge in [0.1, 0.15) is 0 Å². The average molecular weight is 160 g/mol. The Balaban J connectivity index is 3.13. The van der Waals surface area contributed by atoms with E-state index in [9.17, 15) is 0 Å². The molecule has 12 heavy (non-hydrogen) atoms. The van der Waals surface area contributed by atoms with E-state index in [0.29, 0.717) is 0 Å². The minimum absolute atomic E-state index is 1.11. The molecule has 0 atom stereocenters. The molecule has 0 unspecified atom stereocenters. The number of rotatable bonds is 2. The van der Waals surface area contributed by atoms with E-state index in [0.717, 1.165) is 6.42 Å². The van der Waals surface area contributed by atoms with Crippen LogP contribution in [0.4, 0.5) is 0 Å². The van der Waals surface area contributed by atoms with Crippen LogP contribution in [-0.4, -0.2) is 0 Å². The lowest BCUT2D eigenvalue weighted by Crippen LogP contribution is -1.88. The van der Waals surface area contributed by atoms with Gasteiger partial charge in [-0.2, -0.15) is 0 Å². The molecule has 0 fully saturated rings. The molecule has 0 heterocycles. The van der Waals surface area contributed by atoms with Crippen LogP contribution in [0.1, 0.15) is 31.9 Å². The van der Waals surface area contributed by atoms with Crippen molar-refractivity contribution < 1.29 is 0 Å². The van der Waals surface area contributed by atoms with Gasteiger partial charge in [0, 0.05) is 0 Å². The lowest BCUT2D eigenvalue weighted by atomic mass is 9.99. The molecule has 0 amide bonds. The first kappa shape index (κ1) is 9.05. The number of aryl methyl sites for hydroxylation is 1. The maximum absolute atomic E-state index is 2.20. The van der Waals surface area contributed by atoms with Crippen molar-refractivity contribution in [1.82, 2.24) is 0 Å². The normalized spacial score (nSPS) is 11.8. The van der Waals surface area contributed by atoms with Crippen molar-refractivity contribution in [2.45, 2.75) is 27.2 Å². The molecule has 0 nitrogen and oxygen atoms in total. The highest BCUT2D eigenvalue weighted by Crippen LogP contribution is 2.18. The predicted octanol–water partition coefficient (Wildman–Crippen LogP) is 3.67. The highest BCUT2D eigenvalue weighted by atomic mass is 14.0. The summed E-state index contributed by atoms with van der Waals surface area (Å²) in [5.74, 6) is 0. The van der Waals surface area contributed by atoms with E-state index >= 15 is 0 Å². The van der Waals surface area contributed by atoms with Crippen LogP contribution in [0, 0.1) is 0 Å². The van der Waals surface area contributed by atoms with E-state index in [1.165, 1.54) is 16.7 Å². The van der Waals surface area contributed by atoms with Crippen LogP contribution in [0.15, 0.2) is 30.3 Å². The molecule has 0 bridgehead atoms. The summed E-state index contributed by atoms with van der Waals surface area (Å²) in [5, 5.41) is 0. The van der Waals surface area contributed by atoms with Crippen LogP contribution in [0.25, 0.3) is 5.57 Å². The Bertz CT molecular complexity index is 282. The first-order valence-electron chi connectivity index (χ1n) is 4.50. The van der Waals surface area contributed by atoms with Crippen LogP contribution >= 0.6 is 0 Å². The molecular weight excluding hydrogens is 144 g/mol. The molecule has 1 aromatic carbocycles. The van der Waals surface area contributed by atoms with Gasteiger partial charge in [0.15, 0.2) is 0 Å². The van der Waals surface area contributed by atoms with Gasteiger partial charge in [-0.05, 0) is 37.0 Å². The second kappa shape index (κ2) is 4.10. The quantitative estimate of drug-likeness (QED) is 0.619. The molecule has 1 rings (SSSR count). The molecule has 0 radical (unpaired) electrons. The number of allylic oxidation sites excluding steroid dienone is 2. The molecule has 0 aliphatic heterocycles. The summed E-state index contributed by atoms with van der Waals surface area (Å²) in [6.45, 7) is 6.44. The van der Waals surface area contributed by atoms with Crippen molar-refractivity contribution in [2.24, 2.45) is 0 Å². The van der Waals surface area contributed by atoms with Crippen molar-refractivity contribution in [1.29, 1.82) is 0 Å². The summed E-state index contributed by atoms with van der Waals surface area (Å²) in [6.07, 6.45) is 3.27. The van der Waals surface area contributed by atoms with E-state index in [1.807, 2.05) is 0 Å². The van der Waals surface area contributed by atoms with Crippen LogP contribution in [0.2, 0.25) is 0 Å². The van der Waals surface area contributed by atoms with Crippen molar-refractivity contribution in [3.63, 3.8) is 0 Å².